The van der Waals surface area contributed by atoms with Gasteiger partial charge in [-0.25, -0.2) is 10.2 Å². The number of carbonyl (C=O) groups is 1. The molecule has 0 aromatic heterocycles. The summed E-state index contributed by atoms with van der Waals surface area (Å²) < 4.78 is 4.90. The molecule has 1 rings (SSSR count). The Bertz CT molecular complexity index is 312. The number of ether oxygens (including phenoxy) is 1. The number of nitrogens with zero attached hydrogens (tertiary/aromatic N) is 1. The smallest absolute Gasteiger partial charge is 0.423 e. The van der Waals surface area contributed by atoms with Gasteiger partial charge in [-0.05, 0) is 5.56 Å². The molecule has 15 heavy (non-hydrogen) atoms. The third-order valence-corrected chi connectivity index (χ3v) is 1.60. The van der Waals surface area contributed by atoms with E-state index in [0.29, 0.717) is 6.54 Å². The maximum atomic E-state index is 11.0. The quantitative estimate of drug-likeness (QED) is 0.451. The molecule has 1 N–H and O–H groups in total. The van der Waals surface area contributed by atoms with Gasteiger partial charge in [0, 0.05) is 0 Å². The number of amides is 1. The van der Waals surface area contributed by atoms with Gasteiger partial charge in [0.05, 0.1) is 6.54 Å². The fourth-order valence-electron chi connectivity index (χ4n) is 0.930. The van der Waals surface area contributed by atoms with Crippen LogP contribution in [0.3, 0.4) is 0 Å². The monoisotopic (exact) mass is 205 g/mol. The second kappa shape index (κ2) is 6.62. The first-order valence-corrected chi connectivity index (χ1v) is 4.57. The van der Waals surface area contributed by atoms with Gasteiger partial charge in [-0.1, -0.05) is 36.4 Å². The minimum absolute atomic E-state index is 0.246. The minimum atomic E-state index is -0.555. The molecule has 1 radical (unpaired) electrons. The van der Waals surface area contributed by atoms with Crippen molar-refractivity contribution in [2.45, 2.75) is 6.61 Å². The molecule has 0 saturated heterocycles. The fraction of sp³-hybridized carbons (Fsp3) is 0.182. The summed E-state index contributed by atoms with van der Waals surface area (Å²) in [6, 6.07) is 9.45. The number of rotatable bonds is 5. The second-order valence-electron chi connectivity index (χ2n) is 2.80. The summed E-state index contributed by atoms with van der Waals surface area (Å²) in [6.45, 7) is 4.09. The van der Waals surface area contributed by atoms with Crippen molar-refractivity contribution in [3.8, 4) is 0 Å². The second-order valence-corrected chi connectivity index (χ2v) is 2.80. The van der Waals surface area contributed by atoms with E-state index in [2.05, 4.69) is 17.4 Å². The lowest BCUT2D eigenvalue weighted by atomic mass is 10.2. The van der Waals surface area contributed by atoms with E-state index in [0.717, 1.165) is 5.56 Å². The van der Waals surface area contributed by atoms with Gasteiger partial charge in [0.1, 0.15) is 6.61 Å². The molecular formula is C11H13N2O2. The van der Waals surface area contributed by atoms with Crippen LogP contribution in [0.1, 0.15) is 5.56 Å². The molecule has 0 heterocycles. The number of hydrogen-bond donors (Lipinski definition) is 1. The molecule has 0 fully saturated rings. The molecule has 0 saturated carbocycles. The van der Waals surface area contributed by atoms with Crippen LogP contribution in [0.5, 0.6) is 0 Å². The Balaban J connectivity index is 2.20. The molecule has 4 heteroatoms. The predicted molar refractivity (Wildman–Crippen MR) is 57.0 cm³/mol. The van der Waals surface area contributed by atoms with Gasteiger partial charge in [-0.2, -0.15) is 0 Å². The van der Waals surface area contributed by atoms with Crippen molar-refractivity contribution in [3.05, 3.63) is 48.6 Å². The van der Waals surface area contributed by atoms with E-state index in [1.165, 1.54) is 0 Å². The first-order valence-electron chi connectivity index (χ1n) is 4.57. The molecule has 79 valence electrons. The number of carbonyl (C=O) groups excluding carboxylic acids is 1. The zero-order chi connectivity index (χ0) is 10.9. The molecule has 1 aromatic rings. The Labute approximate surface area is 88.9 Å². The van der Waals surface area contributed by atoms with Gasteiger partial charge < -0.3 is 4.74 Å². The molecule has 0 unspecified atom stereocenters. The highest BCUT2D eigenvalue weighted by Gasteiger charge is 2.00. The third-order valence-electron chi connectivity index (χ3n) is 1.60. The van der Waals surface area contributed by atoms with Crippen LogP contribution >= 0.6 is 0 Å². The highest BCUT2D eigenvalue weighted by Crippen LogP contribution is 1.99. The minimum Gasteiger partial charge on any atom is -0.444 e. The molecule has 4 nitrogen and oxygen atoms in total. The van der Waals surface area contributed by atoms with Crippen LogP contribution in [0.15, 0.2) is 43.0 Å². The van der Waals surface area contributed by atoms with E-state index < -0.39 is 6.09 Å². The van der Waals surface area contributed by atoms with Crippen molar-refractivity contribution in [2.24, 2.45) is 0 Å². The molecule has 0 aliphatic rings. The lowest BCUT2D eigenvalue weighted by molar-refractivity contribution is 0.135. The maximum Gasteiger partial charge on any atom is 0.423 e. The molecule has 0 spiro atoms. The summed E-state index contributed by atoms with van der Waals surface area (Å²) in [5, 5.41) is 0. The molecule has 0 bridgehead atoms. The van der Waals surface area contributed by atoms with Crippen molar-refractivity contribution in [1.82, 2.24) is 10.9 Å². The zero-order valence-corrected chi connectivity index (χ0v) is 8.35. The van der Waals surface area contributed by atoms with Gasteiger partial charge >= 0.3 is 6.09 Å². The Hall–Kier alpha value is -1.81. The van der Waals surface area contributed by atoms with Crippen LogP contribution in [-0.2, 0) is 11.3 Å². The van der Waals surface area contributed by atoms with E-state index >= 15 is 0 Å². The SMILES string of the molecule is C=CC[N]NC(=O)OCc1ccccc1. The van der Waals surface area contributed by atoms with Crippen LogP contribution < -0.4 is 10.9 Å². The molecular weight excluding hydrogens is 192 g/mol. The van der Waals surface area contributed by atoms with E-state index in [-0.39, 0.29) is 6.61 Å². The highest BCUT2D eigenvalue weighted by atomic mass is 16.6. The van der Waals surface area contributed by atoms with Crippen LogP contribution in [0.2, 0.25) is 0 Å². The number of benzene rings is 1. The molecule has 1 aromatic carbocycles. The van der Waals surface area contributed by atoms with Crippen molar-refractivity contribution in [3.63, 3.8) is 0 Å². The van der Waals surface area contributed by atoms with E-state index in [9.17, 15) is 4.79 Å². The number of hydrogen-bond acceptors (Lipinski definition) is 2. The summed E-state index contributed by atoms with van der Waals surface area (Å²) in [5.41, 5.74) is 6.85. The summed E-state index contributed by atoms with van der Waals surface area (Å²) in [6.07, 6.45) is 1.03. The van der Waals surface area contributed by atoms with Crippen molar-refractivity contribution in [2.75, 3.05) is 6.54 Å². The van der Waals surface area contributed by atoms with Gasteiger partial charge in [0.15, 0.2) is 0 Å². The van der Waals surface area contributed by atoms with Gasteiger partial charge in [0.2, 0.25) is 0 Å². The third kappa shape index (κ3) is 4.83. The Morgan fingerprint density at radius 3 is 2.87 bits per heavy atom. The van der Waals surface area contributed by atoms with Crippen LogP contribution in [0.25, 0.3) is 0 Å². The Morgan fingerprint density at radius 1 is 1.47 bits per heavy atom. The van der Waals surface area contributed by atoms with Gasteiger partial charge in [-0.15, -0.1) is 12.0 Å². The standard InChI is InChI=1S/C11H13N2O2/c1-2-8-12-13-11(14)15-9-10-6-4-3-5-7-10/h2-7H,1,8-9H2,(H,13,14). The average Bonchev–Trinajstić information content (AvgIpc) is 2.28. The average molecular weight is 205 g/mol. The van der Waals surface area contributed by atoms with E-state index in [1.807, 2.05) is 30.3 Å². The number of nitrogens with one attached hydrogen (secondary N) is 1. The topological polar surface area (TPSA) is 52.4 Å². The van der Waals surface area contributed by atoms with Crippen LogP contribution in [0, 0.1) is 0 Å². The van der Waals surface area contributed by atoms with Crippen LogP contribution in [-0.4, -0.2) is 12.6 Å². The summed E-state index contributed by atoms with van der Waals surface area (Å²) >= 11 is 0. The zero-order valence-electron chi connectivity index (χ0n) is 8.35. The normalized spacial score (nSPS) is 9.33. The maximum absolute atomic E-state index is 11.0. The molecule has 0 aliphatic heterocycles. The molecule has 1 amide bonds. The highest BCUT2D eigenvalue weighted by molar-refractivity contribution is 5.66. The molecule has 0 aliphatic carbocycles. The Kier molecular flexibility index (Phi) is 4.97. The fourth-order valence-corrected chi connectivity index (χ4v) is 0.930. The predicted octanol–water partition coefficient (Wildman–Crippen LogP) is 1.62. The van der Waals surface area contributed by atoms with Crippen molar-refractivity contribution < 1.29 is 9.53 Å². The lowest BCUT2D eigenvalue weighted by Crippen LogP contribution is -2.31. The van der Waals surface area contributed by atoms with Crippen molar-refractivity contribution in [1.29, 1.82) is 0 Å². The van der Waals surface area contributed by atoms with E-state index in [1.54, 1.807) is 6.08 Å². The van der Waals surface area contributed by atoms with Crippen molar-refractivity contribution >= 4 is 6.09 Å². The van der Waals surface area contributed by atoms with E-state index in [4.69, 9.17) is 4.74 Å². The first-order chi connectivity index (χ1) is 7.33. The summed E-state index contributed by atoms with van der Waals surface area (Å²) in [4.78, 5) is 11.0. The van der Waals surface area contributed by atoms with Crippen LogP contribution in [0.4, 0.5) is 4.79 Å². The largest absolute Gasteiger partial charge is 0.444 e. The van der Waals surface area contributed by atoms with Gasteiger partial charge in [-0.3, -0.25) is 0 Å². The summed E-state index contributed by atoms with van der Waals surface area (Å²) in [5.74, 6) is 0. The lowest BCUT2D eigenvalue weighted by Gasteiger charge is -2.05. The molecule has 0 atom stereocenters. The summed E-state index contributed by atoms with van der Waals surface area (Å²) in [7, 11) is 0. The first kappa shape index (κ1) is 11.3. The van der Waals surface area contributed by atoms with Gasteiger partial charge in [0.25, 0.3) is 0 Å². The Morgan fingerprint density at radius 2 is 2.20 bits per heavy atom.